The van der Waals surface area contributed by atoms with E-state index in [9.17, 15) is 28.3 Å². The van der Waals surface area contributed by atoms with Crippen LogP contribution in [0.4, 0.5) is 14.6 Å². The van der Waals surface area contributed by atoms with E-state index in [4.69, 9.17) is 22.4 Å². The molecule has 0 aliphatic heterocycles. The Morgan fingerprint density at radius 2 is 1.65 bits per heavy atom. The average molecular weight is 345 g/mol. The number of aromatic amines is 1. The van der Waals surface area contributed by atoms with Gasteiger partial charge in [-0.05, 0) is 12.1 Å². The second-order valence-corrected chi connectivity index (χ2v) is 4.73. The fraction of sp³-hybridized carbons (Fsp3) is 0. The number of rotatable bonds is 3. The molecule has 0 bridgehead atoms. The van der Waals surface area contributed by atoms with Gasteiger partial charge in [0.15, 0.2) is 11.6 Å². The van der Waals surface area contributed by atoms with E-state index in [0.717, 1.165) is 6.07 Å². The van der Waals surface area contributed by atoms with Crippen LogP contribution in [0.5, 0.6) is 0 Å². The number of carboxylic acid groups (broad SMARTS) is 2. The number of hydrogen-bond donors (Lipinski definition) is 4. The SMILES string of the molecule is Nc1[nH]c(=O)c(C(=O)O)c(-c2c(Cl)ccc(F)c2F)c1C(=O)O. The molecule has 0 fully saturated rings. The number of nitrogens with one attached hydrogen (secondary N) is 1. The minimum Gasteiger partial charge on any atom is -0.478 e. The lowest BCUT2D eigenvalue weighted by Crippen LogP contribution is -2.24. The Bertz CT molecular complexity index is 910. The van der Waals surface area contributed by atoms with E-state index in [1.807, 2.05) is 4.98 Å². The smallest absolute Gasteiger partial charge is 0.342 e. The topological polar surface area (TPSA) is 133 Å². The number of H-pyrrole nitrogens is 1. The predicted molar refractivity (Wildman–Crippen MR) is 75.8 cm³/mol. The van der Waals surface area contributed by atoms with Gasteiger partial charge in [0.05, 0.1) is 5.02 Å². The van der Waals surface area contributed by atoms with E-state index < -0.39 is 62.2 Å². The van der Waals surface area contributed by atoms with Crippen LogP contribution >= 0.6 is 11.6 Å². The number of anilines is 1. The second kappa shape index (κ2) is 5.69. The highest BCUT2D eigenvalue weighted by molar-refractivity contribution is 6.34. The van der Waals surface area contributed by atoms with E-state index in [0.29, 0.717) is 6.07 Å². The van der Waals surface area contributed by atoms with Crippen LogP contribution in [-0.4, -0.2) is 27.1 Å². The standard InChI is InChI=1S/C13H7ClF2N2O5/c14-3-1-2-4(15)9(16)5(3)6-7(12(20)21)10(17)18-11(19)8(6)13(22)23/h1-2H,(H,20,21)(H,22,23)(H3,17,18,19). The zero-order valence-corrected chi connectivity index (χ0v) is 11.7. The van der Waals surface area contributed by atoms with E-state index in [-0.39, 0.29) is 0 Å². The van der Waals surface area contributed by atoms with Crippen molar-refractivity contribution in [2.24, 2.45) is 0 Å². The van der Waals surface area contributed by atoms with Crippen molar-refractivity contribution < 1.29 is 28.6 Å². The van der Waals surface area contributed by atoms with Crippen LogP contribution in [-0.2, 0) is 0 Å². The van der Waals surface area contributed by atoms with Crippen molar-refractivity contribution in [2.45, 2.75) is 0 Å². The van der Waals surface area contributed by atoms with Crippen LogP contribution < -0.4 is 11.3 Å². The van der Waals surface area contributed by atoms with Crippen LogP contribution in [0.2, 0.25) is 5.02 Å². The lowest BCUT2D eigenvalue weighted by Gasteiger charge is -2.14. The van der Waals surface area contributed by atoms with E-state index in [1.54, 1.807) is 0 Å². The molecule has 2 aromatic rings. The number of pyridine rings is 1. The predicted octanol–water partition coefficient (Wildman–Crippen LogP) is 1.95. The van der Waals surface area contributed by atoms with Gasteiger partial charge in [-0.2, -0.15) is 0 Å². The Kier molecular flexibility index (Phi) is 4.06. The third-order valence-electron chi connectivity index (χ3n) is 2.97. The molecule has 0 spiro atoms. The van der Waals surface area contributed by atoms with Gasteiger partial charge in [-0.25, -0.2) is 18.4 Å². The number of nitrogen functional groups attached to an aromatic ring is 1. The van der Waals surface area contributed by atoms with Gasteiger partial charge in [0.1, 0.15) is 16.9 Å². The fourth-order valence-electron chi connectivity index (χ4n) is 2.05. The summed E-state index contributed by atoms with van der Waals surface area (Å²) in [5, 5.41) is 17.9. The van der Waals surface area contributed by atoms with Gasteiger partial charge in [0, 0.05) is 11.1 Å². The summed E-state index contributed by atoms with van der Waals surface area (Å²) >= 11 is 5.75. The number of hydrogen-bond acceptors (Lipinski definition) is 4. The van der Waals surface area contributed by atoms with Gasteiger partial charge in [0.25, 0.3) is 5.56 Å². The summed E-state index contributed by atoms with van der Waals surface area (Å²) in [6, 6.07) is 1.56. The van der Waals surface area contributed by atoms with Crippen molar-refractivity contribution in [1.29, 1.82) is 0 Å². The first-order valence-electron chi connectivity index (χ1n) is 5.83. The van der Waals surface area contributed by atoms with Crippen LogP contribution in [0.25, 0.3) is 11.1 Å². The minimum atomic E-state index is -1.86. The monoisotopic (exact) mass is 344 g/mol. The van der Waals surface area contributed by atoms with Gasteiger partial charge in [-0.1, -0.05) is 11.6 Å². The molecule has 7 nitrogen and oxygen atoms in total. The summed E-state index contributed by atoms with van der Waals surface area (Å²) in [6.45, 7) is 0. The highest BCUT2D eigenvalue weighted by atomic mass is 35.5. The fourth-order valence-corrected chi connectivity index (χ4v) is 2.29. The van der Waals surface area contributed by atoms with Gasteiger partial charge in [-0.3, -0.25) is 4.79 Å². The zero-order valence-electron chi connectivity index (χ0n) is 11.0. The van der Waals surface area contributed by atoms with Gasteiger partial charge >= 0.3 is 11.9 Å². The molecule has 120 valence electrons. The molecule has 10 heteroatoms. The van der Waals surface area contributed by atoms with Crippen molar-refractivity contribution in [1.82, 2.24) is 4.98 Å². The summed E-state index contributed by atoms with van der Waals surface area (Å²) in [6.07, 6.45) is 0. The third kappa shape index (κ3) is 2.61. The third-order valence-corrected chi connectivity index (χ3v) is 3.28. The van der Waals surface area contributed by atoms with Gasteiger partial charge in [-0.15, -0.1) is 0 Å². The van der Waals surface area contributed by atoms with Crippen LogP contribution in [0.3, 0.4) is 0 Å². The molecule has 0 amide bonds. The molecule has 1 aromatic heterocycles. The van der Waals surface area contributed by atoms with Crippen molar-refractivity contribution >= 4 is 29.4 Å². The molecule has 0 saturated heterocycles. The highest BCUT2D eigenvalue weighted by Crippen LogP contribution is 2.37. The van der Waals surface area contributed by atoms with Crippen molar-refractivity contribution in [2.75, 3.05) is 5.73 Å². The molecule has 1 heterocycles. The molecule has 0 aliphatic carbocycles. The summed E-state index contributed by atoms with van der Waals surface area (Å²) in [4.78, 5) is 36.3. The summed E-state index contributed by atoms with van der Waals surface area (Å²) in [5.41, 5.74) is 0.281. The number of aromatic nitrogens is 1. The number of carbonyl (C=O) groups is 2. The molecular formula is C13H7ClF2N2O5. The number of aromatic carboxylic acids is 2. The van der Waals surface area contributed by atoms with Crippen molar-refractivity contribution in [3.8, 4) is 11.1 Å². The number of carboxylic acids is 2. The Morgan fingerprint density at radius 1 is 1.09 bits per heavy atom. The van der Waals surface area contributed by atoms with Crippen LogP contribution in [0.1, 0.15) is 20.7 Å². The maximum Gasteiger partial charge on any atom is 0.342 e. The number of nitrogens with two attached hydrogens (primary N) is 1. The van der Waals surface area contributed by atoms with E-state index >= 15 is 0 Å². The molecular weight excluding hydrogens is 338 g/mol. The van der Waals surface area contributed by atoms with Crippen LogP contribution in [0, 0.1) is 11.6 Å². The van der Waals surface area contributed by atoms with Crippen molar-refractivity contribution in [3.05, 3.63) is 50.3 Å². The molecule has 0 aliphatic rings. The largest absolute Gasteiger partial charge is 0.478 e. The first-order chi connectivity index (χ1) is 10.7. The number of benzene rings is 1. The van der Waals surface area contributed by atoms with Crippen LogP contribution in [0.15, 0.2) is 16.9 Å². The Balaban J connectivity index is 3.14. The Labute approximate surface area is 130 Å². The minimum absolute atomic E-state index is 0.487. The maximum absolute atomic E-state index is 14.1. The lowest BCUT2D eigenvalue weighted by molar-refractivity contribution is 0.0695. The molecule has 0 radical (unpaired) electrons. The second-order valence-electron chi connectivity index (χ2n) is 4.32. The van der Waals surface area contributed by atoms with Gasteiger partial charge in [0.2, 0.25) is 0 Å². The Morgan fingerprint density at radius 3 is 2.17 bits per heavy atom. The number of halogens is 3. The maximum atomic E-state index is 14.1. The quantitative estimate of drug-likeness (QED) is 0.629. The molecule has 23 heavy (non-hydrogen) atoms. The molecule has 5 N–H and O–H groups in total. The molecule has 0 atom stereocenters. The molecule has 1 aromatic carbocycles. The lowest BCUT2D eigenvalue weighted by atomic mass is 9.95. The summed E-state index contributed by atoms with van der Waals surface area (Å²) in [5.74, 6) is -7.34. The molecule has 0 unspecified atom stereocenters. The van der Waals surface area contributed by atoms with Crippen molar-refractivity contribution in [3.63, 3.8) is 0 Å². The zero-order chi connectivity index (χ0) is 17.5. The average Bonchev–Trinajstić information content (AvgIpc) is 2.42. The molecule has 0 saturated carbocycles. The summed E-state index contributed by atoms with van der Waals surface area (Å²) < 4.78 is 27.6. The molecule has 2 rings (SSSR count). The van der Waals surface area contributed by atoms with E-state index in [2.05, 4.69) is 0 Å². The summed E-state index contributed by atoms with van der Waals surface area (Å²) in [7, 11) is 0. The first kappa shape index (κ1) is 16.4. The van der Waals surface area contributed by atoms with E-state index in [1.165, 1.54) is 0 Å². The first-order valence-corrected chi connectivity index (χ1v) is 6.20. The normalized spacial score (nSPS) is 10.6. The Hall–Kier alpha value is -2.94. The highest BCUT2D eigenvalue weighted by Gasteiger charge is 2.30. The van der Waals surface area contributed by atoms with Gasteiger partial charge < -0.3 is 20.9 Å².